The second-order valence-electron chi connectivity index (χ2n) is 9.48. The van der Waals surface area contributed by atoms with Gasteiger partial charge >= 0.3 is 6.61 Å². The average Bonchev–Trinajstić information content (AvgIpc) is 3.34. The van der Waals surface area contributed by atoms with Gasteiger partial charge in [-0.05, 0) is 31.5 Å². The van der Waals surface area contributed by atoms with Crippen LogP contribution in [0, 0.1) is 17.1 Å². The van der Waals surface area contributed by atoms with Gasteiger partial charge in [-0.1, -0.05) is 6.07 Å². The van der Waals surface area contributed by atoms with E-state index < -0.39 is 35.9 Å². The van der Waals surface area contributed by atoms with Crippen molar-refractivity contribution in [3.63, 3.8) is 0 Å². The lowest BCUT2D eigenvalue weighted by molar-refractivity contribution is -0.0505. The predicted octanol–water partition coefficient (Wildman–Crippen LogP) is 3.97. The first-order valence-electron chi connectivity index (χ1n) is 11.7. The van der Waals surface area contributed by atoms with Crippen molar-refractivity contribution in [2.24, 2.45) is 0 Å². The second-order valence-corrected chi connectivity index (χ2v) is 9.48. The van der Waals surface area contributed by atoms with Gasteiger partial charge in [-0.3, -0.25) is 4.79 Å². The van der Waals surface area contributed by atoms with Gasteiger partial charge in [-0.2, -0.15) is 19.1 Å². The maximum atomic E-state index is 15.2. The highest BCUT2D eigenvalue weighted by molar-refractivity contribution is 5.98. The molecule has 4 heterocycles. The van der Waals surface area contributed by atoms with Crippen LogP contribution in [0.1, 0.15) is 64.7 Å². The van der Waals surface area contributed by atoms with Gasteiger partial charge in [0.25, 0.3) is 5.91 Å². The molecule has 1 aliphatic heterocycles. The van der Waals surface area contributed by atoms with Gasteiger partial charge in [0, 0.05) is 46.1 Å². The van der Waals surface area contributed by atoms with Gasteiger partial charge < -0.3 is 15.2 Å². The van der Waals surface area contributed by atoms with Crippen molar-refractivity contribution in [1.82, 2.24) is 24.9 Å². The summed E-state index contributed by atoms with van der Waals surface area (Å²) >= 11 is 0. The summed E-state index contributed by atoms with van der Waals surface area (Å²) in [4.78, 5) is 21.2. The van der Waals surface area contributed by atoms with E-state index in [1.165, 1.54) is 42.2 Å². The number of halogens is 3. The van der Waals surface area contributed by atoms with E-state index in [9.17, 15) is 18.7 Å². The van der Waals surface area contributed by atoms with Crippen LogP contribution in [0.5, 0.6) is 5.75 Å². The zero-order valence-electron chi connectivity index (χ0n) is 19.8. The highest BCUT2D eigenvalue weighted by Gasteiger charge is 2.43. The number of amides is 1. The number of nitriles is 1. The summed E-state index contributed by atoms with van der Waals surface area (Å²) in [6.07, 6.45) is 4.07. The van der Waals surface area contributed by atoms with E-state index in [4.69, 9.17) is 10.00 Å². The normalized spacial score (nSPS) is 19.3. The summed E-state index contributed by atoms with van der Waals surface area (Å²) in [6, 6.07) is 7.39. The fraction of sp³-hybridized carbons (Fsp3) is 0.269. The van der Waals surface area contributed by atoms with Crippen molar-refractivity contribution in [2.75, 3.05) is 0 Å². The molecule has 2 bridgehead atoms. The predicted molar refractivity (Wildman–Crippen MR) is 126 cm³/mol. The minimum absolute atomic E-state index is 0.0264. The second kappa shape index (κ2) is 8.53. The molecule has 3 aromatic heterocycles. The van der Waals surface area contributed by atoms with Crippen LogP contribution < -0.4 is 10.1 Å². The zero-order chi connectivity index (χ0) is 26.8. The van der Waals surface area contributed by atoms with E-state index in [-0.39, 0.29) is 29.1 Å². The van der Waals surface area contributed by atoms with Gasteiger partial charge in [-0.15, -0.1) is 0 Å². The van der Waals surface area contributed by atoms with Crippen molar-refractivity contribution >= 4 is 11.4 Å². The molecule has 0 spiro atoms. The molecule has 6 rings (SSSR count). The molecule has 3 atom stereocenters. The lowest BCUT2D eigenvalue weighted by Crippen LogP contribution is -2.27. The van der Waals surface area contributed by atoms with Crippen LogP contribution in [0.25, 0.3) is 16.6 Å². The molecule has 1 aromatic carbocycles. The van der Waals surface area contributed by atoms with E-state index in [0.717, 1.165) is 0 Å². The molecular formula is C26H19F3N6O3. The molecule has 1 aliphatic carbocycles. The quantitative estimate of drug-likeness (QED) is 0.408. The first-order chi connectivity index (χ1) is 18.2. The Morgan fingerprint density at radius 3 is 2.76 bits per heavy atom. The SMILES string of the molecule is C[C@@](O)(CC#N)c1ncc(-c2cc3c4c(nn3cc2F)[C@H]2C[C@@H]4c3c(OC(F)F)cccc3C(=O)N2)cn1. The molecule has 0 fully saturated rings. The van der Waals surface area contributed by atoms with Crippen LogP contribution >= 0.6 is 0 Å². The summed E-state index contributed by atoms with van der Waals surface area (Å²) in [5.74, 6) is -1.62. The summed E-state index contributed by atoms with van der Waals surface area (Å²) < 4.78 is 47.8. The monoisotopic (exact) mass is 520 g/mol. The summed E-state index contributed by atoms with van der Waals surface area (Å²) in [6.45, 7) is -1.66. The third kappa shape index (κ3) is 3.66. The number of alkyl halides is 2. The maximum absolute atomic E-state index is 15.2. The van der Waals surface area contributed by atoms with Gasteiger partial charge in [0.15, 0.2) is 5.82 Å². The van der Waals surface area contributed by atoms with E-state index in [1.54, 1.807) is 12.1 Å². The van der Waals surface area contributed by atoms with E-state index in [0.29, 0.717) is 34.3 Å². The maximum Gasteiger partial charge on any atom is 0.387 e. The van der Waals surface area contributed by atoms with Gasteiger partial charge in [-0.25, -0.2) is 18.9 Å². The number of benzene rings is 1. The molecule has 1 amide bonds. The number of pyridine rings is 1. The van der Waals surface area contributed by atoms with Crippen LogP contribution in [-0.2, 0) is 5.60 Å². The Kier molecular flexibility index (Phi) is 5.36. The third-order valence-corrected chi connectivity index (χ3v) is 6.99. The molecule has 192 valence electrons. The highest BCUT2D eigenvalue weighted by atomic mass is 19.3. The largest absolute Gasteiger partial charge is 0.434 e. The number of rotatable bonds is 5. The topological polar surface area (TPSA) is 125 Å². The minimum atomic E-state index is -3.08. The van der Waals surface area contributed by atoms with Crippen molar-refractivity contribution in [2.45, 2.75) is 43.9 Å². The number of carbonyl (C=O) groups is 1. The third-order valence-electron chi connectivity index (χ3n) is 6.99. The van der Waals surface area contributed by atoms with Crippen LogP contribution in [-0.4, -0.2) is 37.2 Å². The Morgan fingerprint density at radius 1 is 1.29 bits per heavy atom. The Balaban J connectivity index is 1.49. The van der Waals surface area contributed by atoms with Crippen molar-refractivity contribution < 1.29 is 27.8 Å². The fourth-order valence-corrected chi connectivity index (χ4v) is 5.31. The summed E-state index contributed by atoms with van der Waals surface area (Å²) in [5, 5.41) is 26.7. The molecule has 0 saturated carbocycles. The molecule has 0 saturated heterocycles. The number of ether oxygens (including phenoxy) is 1. The first-order valence-corrected chi connectivity index (χ1v) is 11.7. The Morgan fingerprint density at radius 2 is 2.05 bits per heavy atom. The first kappa shape index (κ1) is 23.9. The Hall–Kier alpha value is -4.50. The van der Waals surface area contributed by atoms with E-state index in [2.05, 4.69) is 20.4 Å². The number of nitrogens with one attached hydrogen (secondary N) is 1. The lowest BCUT2D eigenvalue weighted by Gasteiger charge is -2.19. The molecule has 0 unspecified atom stereocenters. The molecular weight excluding hydrogens is 501 g/mol. The van der Waals surface area contributed by atoms with Gasteiger partial charge in [0.2, 0.25) is 0 Å². The smallest absolute Gasteiger partial charge is 0.387 e. The molecule has 38 heavy (non-hydrogen) atoms. The average molecular weight is 520 g/mol. The molecule has 0 radical (unpaired) electrons. The zero-order valence-corrected chi connectivity index (χ0v) is 19.8. The summed E-state index contributed by atoms with van der Waals surface area (Å²) in [7, 11) is 0. The number of aliphatic hydroxyl groups is 1. The van der Waals surface area contributed by atoms with Crippen LogP contribution in [0.15, 0.2) is 42.9 Å². The van der Waals surface area contributed by atoms with Crippen LogP contribution in [0.4, 0.5) is 13.2 Å². The van der Waals surface area contributed by atoms with Crippen LogP contribution in [0.2, 0.25) is 0 Å². The lowest BCUT2D eigenvalue weighted by atomic mass is 9.88. The molecule has 9 nitrogen and oxygen atoms in total. The minimum Gasteiger partial charge on any atom is -0.434 e. The van der Waals surface area contributed by atoms with Gasteiger partial charge in [0.1, 0.15) is 17.2 Å². The molecule has 4 aromatic rings. The number of hydrogen-bond donors (Lipinski definition) is 2. The highest BCUT2D eigenvalue weighted by Crippen LogP contribution is 2.51. The van der Waals surface area contributed by atoms with Gasteiger partial charge in [0.05, 0.1) is 35.9 Å². The summed E-state index contributed by atoms with van der Waals surface area (Å²) in [5.41, 5.74) is 1.22. The number of aromatic nitrogens is 4. The molecule has 2 N–H and O–H groups in total. The van der Waals surface area contributed by atoms with Crippen molar-refractivity contribution in [3.05, 3.63) is 76.9 Å². The van der Waals surface area contributed by atoms with Crippen molar-refractivity contribution in [1.29, 1.82) is 5.26 Å². The van der Waals surface area contributed by atoms with Crippen LogP contribution in [0.3, 0.4) is 0 Å². The van der Waals surface area contributed by atoms with Crippen molar-refractivity contribution in [3.8, 4) is 22.9 Å². The fourth-order valence-electron chi connectivity index (χ4n) is 5.31. The molecule has 12 heteroatoms. The van der Waals surface area contributed by atoms with E-state index >= 15 is 4.39 Å². The number of carbonyl (C=O) groups excluding carboxylic acids is 1. The number of nitrogens with zero attached hydrogens (tertiary/aromatic N) is 5. The Labute approximate surface area is 213 Å². The standard InChI is InChI=1S/C26H19F3N6O3/c1-26(37,5-6-30)24-31-9-12(10-32-24)14-8-18-21-15-7-17(22(21)34-35(18)11-16(14)27)33-23(36)13-3-2-4-19(20(13)15)38-25(28)29/h2-4,8-11,15,17,25,37H,5,7H2,1H3,(H,33,36)/t15-,17-,26-/m1/s1. The Bertz CT molecular complexity index is 1640. The number of hydrogen-bond acceptors (Lipinski definition) is 7. The van der Waals surface area contributed by atoms with E-state index in [1.807, 2.05) is 6.07 Å². The number of fused-ring (bicyclic) bond motifs is 9. The molecule has 2 aliphatic rings.